The van der Waals surface area contributed by atoms with Crippen LogP contribution in [0.25, 0.3) is 0 Å². The van der Waals surface area contributed by atoms with E-state index in [1.165, 1.54) is 0 Å². The quantitative estimate of drug-likeness (QED) is 0.776. The lowest BCUT2D eigenvalue weighted by molar-refractivity contribution is -0.144. The molecule has 3 nitrogen and oxygen atoms in total. The molecule has 1 N–H and O–H groups in total. The Bertz CT molecular complexity index is 224. The van der Waals surface area contributed by atoms with Gasteiger partial charge in [-0.05, 0) is 25.7 Å². The summed E-state index contributed by atoms with van der Waals surface area (Å²) in [5, 5.41) is 9.55. The lowest BCUT2D eigenvalue weighted by Gasteiger charge is -2.37. The molecule has 0 aromatic rings. The smallest absolute Gasteiger partial charge is 0.228 e. The van der Waals surface area contributed by atoms with Crippen molar-refractivity contribution < 1.29 is 9.90 Å². The van der Waals surface area contributed by atoms with E-state index in [1.54, 1.807) is 0 Å². The first-order chi connectivity index (χ1) is 7.03. The molecule has 1 atom stereocenters. The van der Waals surface area contributed by atoms with Crippen LogP contribution in [-0.2, 0) is 4.79 Å². The van der Waals surface area contributed by atoms with Gasteiger partial charge in [-0.2, -0.15) is 0 Å². The Morgan fingerprint density at radius 1 is 1.47 bits per heavy atom. The van der Waals surface area contributed by atoms with E-state index in [1.807, 2.05) is 11.8 Å². The van der Waals surface area contributed by atoms with Crippen molar-refractivity contribution in [3.05, 3.63) is 0 Å². The highest BCUT2D eigenvalue weighted by atomic mass is 16.3. The standard InChI is InChI=1S/C12H23NO2/c1-4-12(3,5-2)11(15)13-8-6-7-10(14)9-13/h10,14H,4-9H2,1-3H3. The zero-order valence-corrected chi connectivity index (χ0v) is 10.1. The third-order valence-corrected chi connectivity index (χ3v) is 3.76. The molecule has 1 rings (SSSR count). The summed E-state index contributed by atoms with van der Waals surface area (Å²) in [6, 6.07) is 0. The Labute approximate surface area is 92.5 Å². The topological polar surface area (TPSA) is 40.5 Å². The van der Waals surface area contributed by atoms with E-state index in [4.69, 9.17) is 0 Å². The van der Waals surface area contributed by atoms with E-state index in [-0.39, 0.29) is 17.4 Å². The van der Waals surface area contributed by atoms with Gasteiger partial charge < -0.3 is 10.0 Å². The number of rotatable bonds is 3. The number of carbonyl (C=O) groups excluding carboxylic acids is 1. The SMILES string of the molecule is CCC(C)(CC)C(=O)N1CCCC(O)C1. The van der Waals surface area contributed by atoms with Crippen molar-refractivity contribution in [1.29, 1.82) is 0 Å². The molecule has 1 heterocycles. The van der Waals surface area contributed by atoms with Crippen LogP contribution in [0.1, 0.15) is 46.5 Å². The number of likely N-dealkylation sites (tertiary alicyclic amines) is 1. The predicted octanol–water partition coefficient (Wildman–Crippen LogP) is 1.80. The van der Waals surface area contributed by atoms with Crippen LogP contribution in [0.5, 0.6) is 0 Å². The minimum absolute atomic E-state index is 0.214. The largest absolute Gasteiger partial charge is 0.391 e. The zero-order valence-electron chi connectivity index (χ0n) is 10.1. The lowest BCUT2D eigenvalue weighted by Crippen LogP contribution is -2.48. The lowest BCUT2D eigenvalue weighted by atomic mass is 9.82. The van der Waals surface area contributed by atoms with Gasteiger partial charge in [-0.25, -0.2) is 0 Å². The number of carbonyl (C=O) groups is 1. The molecular weight excluding hydrogens is 190 g/mol. The first kappa shape index (κ1) is 12.5. The molecule has 0 aliphatic carbocycles. The molecule has 0 saturated carbocycles. The highest BCUT2D eigenvalue weighted by Crippen LogP contribution is 2.29. The van der Waals surface area contributed by atoms with Gasteiger partial charge in [0.25, 0.3) is 0 Å². The van der Waals surface area contributed by atoms with Gasteiger partial charge >= 0.3 is 0 Å². The second-order valence-electron chi connectivity index (χ2n) is 4.81. The molecule has 0 radical (unpaired) electrons. The average molecular weight is 213 g/mol. The van der Waals surface area contributed by atoms with Gasteiger partial charge in [0, 0.05) is 18.5 Å². The molecular formula is C12H23NO2. The summed E-state index contributed by atoms with van der Waals surface area (Å²) in [5.74, 6) is 0.214. The van der Waals surface area contributed by atoms with Crippen molar-refractivity contribution in [2.75, 3.05) is 13.1 Å². The maximum absolute atomic E-state index is 12.2. The van der Waals surface area contributed by atoms with Crippen LogP contribution in [0.4, 0.5) is 0 Å². The fraction of sp³-hybridized carbons (Fsp3) is 0.917. The van der Waals surface area contributed by atoms with Crippen molar-refractivity contribution >= 4 is 5.91 Å². The van der Waals surface area contributed by atoms with Crippen molar-refractivity contribution in [3.63, 3.8) is 0 Å². The van der Waals surface area contributed by atoms with Gasteiger partial charge in [0.1, 0.15) is 0 Å². The van der Waals surface area contributed by atoms with Crippen molar-refractivity contribution in [1.82, 2.24) is 4.90 Å². The Morgan fingerprint density at radius 2 is 2.07 bits per heavy atom. The second kappa shape index (κ2) is 4.97. The molecule has 3 heteroatoms. The van der Waals surface area contributed by atoms with Crippen LogP contribution in [0.3, 0.4) is 0 Å². The van der Waals surface area contributed by atoms with Crippen molar-refractivity contribution in [3.8, 4) is 0 Å². The van der Waals surface area contributed by atoms with E-state index in [0.717, 1.165) is 32.2 Å². The number of nitrogens with zero attached hydrogens (tertiary/aromatic N) is 1. The molecule has 1 aliphatic heterocycles. The fourth-order valence-electron chi connectivity index (χ4n) is 2.07. The molecule has 88 valence electrons. The number of piperidine rings is 1. The zero-order chi connectivity index (χ0) is 11.5. The Hall–Kier alpha value is -0.570. The summed E-state index contributed by atoms with van der Waals surface area (Å²) in [6.07, 6.45) is 3.18. The van der Waals surface area contributed by atoms with Gasteiger partial charge in [-0.1, -0.05) is 20.8 Å². The van der Waals surface area contributed by atoms with Crippen molar-refractivity contribution in [2.24, 2.45) is 5.41 Å². The summed E-state index contributed by atoms with van der Waals surface area (Å²) in [7, 11) is 0. The van der Waals surface area contributed by atoms with Gasteiger partial charge in [-0.15, -0.1) is 0 Å². The fourth-order valence-corrected chi connectivity index (χ4v) is 2.07. The molecule has 0 spiro atoms. The van der Waals surface area contributed by atoms with Gasteiger partial charge in [-0.3, -0.25) is 4.79 Å². The van der Waals surface area contributed by atoms with Crippen LogP contribution >= 0.6 is 0 Å². The van der Waals surface area contributed by atoms with Gasteiger partial charge in [0.05, 0.1) is 6.10 Å². The van der Waals surface area contributed by atoms with Crippen LogP contribution in [-0.4, -0.2) is 35.1 Å². The third-order valence-electron chi connectivity index (χ3n) is 3.76. The summed E-state index contributed by atoms with van der Waals surface area (Å²) in [4.78, 5) is 14.1. The molecule has 1 saturated heterocycles. The third kappa shape index (κ3) is 2.71. The van der Waals surface area contributed by atoms with Crippen LogP contribution < -0.4 is 0 Å². The molecule has 1 amide bonds. The highest BCUT2D eigenvalue weighted by Gasteiger charge is 2.34. The summed E-state index contributed by atoms with van der Waals surface area (Å²) >= 11 is 0. The van der Waals surface area contributed by atoms with Crippen LogP contribution in [0.2, 0.25) is 0 Å². The molecule has 1 fully saturated rings. The van der Waals surface area contributed by atoms with E-state index in [0.29, 0.717) is 6.54 Å². The number of amides is 1. The minimum Gasteiger partial charge on any atom is -0.391 e. The summed E-state index contributed by atoms with van der Waals surface area (Å²) in [5.41, 5.74) is -0.239. The molecule has 1 aliphatic rings. The number of β-amino-alcohol motifs (C(OH)–C–C–N with tert-alkyl or cyclic N) is 1. The number of aliphatic hydroxyl groups is 1. The molecule has 1 unspecified atom stereocenters. The van der Waals surface area contributed by atoms with Crippen molar-refractivity contribution in [2.45, 2.75) is 52.6 Å². The molecule has 15 heavy (non-hydrogen) atoms. The first-order valence-corrected chi connectivity index (χ1v) is 6.01. The maximum atomic E-state index is 12.2. The second-order valence-corrected chi connectivity index (χ2v) is 4.81. The van der Waals surface area contributed by atoms with Gasteiger partial charge in [0.2, 0.25) is 5.91 Å². The van der Waals surface area contributed by atoms with Gasteiger partial charge in [0.15, 0.2) is 0 Å². The number of hydrogen-bond donors (Lipinski definition) is 1. The van der Waals surface area contributed by atoms with Crippen LogP contribution in [0.15, 0.2) is 0 Å². The molecule has 0 aromatic carbocycles. The normalized spacial score (nSPS) is 22.9. The average Bonchev–Trinajstić information content (AvgIpc) is 2.27. The highest BCUT2D eigenvalue weighted by molar-refractivity contribution is 5.82. The molecule has 0 aromatic heterocycles. The first-order valence-electron chi connectivity index (χ1n) is 6.01. The van der Waals surface area contributed by atoms with E-state index in [2.05, 4.69) is 13.8 Å². The predicted molar refractivity (Wildman–Crippen MR) is 60.5 cm³/mol. The number of hydrogen-bond acceptors (Lipinski definition) is 2. The van der Waals surface area contributed by atoms with Crippen LogP contribution in [0, 0.1) is 5.41 Å². The monoisotopic (exact) mass is 213 g/mol. The maximum Gasteiger partial charge on any atom is 0.228 e. The Kier molecular flexibility index (Phi) is 4.14. The number of aliphatic hydroxyl groups excluding tert-OH is 1. The van der Waals surface area contributed by atoms with E-state index >= 15 is 0 Å². The summed E-state index contributed by atoms with van der Waals surface area (Å²) in [6.45, 7) is 7.47. The summed E-state index contributed by atoms with van der Waals surface area (Å²) < 4.78 is 0. The minimum atomic E-state index is -0.319. The van der Waals surface area contributed by atoms with E-state index in [9.17, 15) is 9.90 Å². The van der Waals surface area contributed by atoms with E-state index < -0.39 is 0 Å². The Morgan fingerprint density at radius 3 is 2.53 bits per heavy atom. The Balaban J connectivity index is 2.66. The molecule has 0 bridgehead atoms.